The first-order valence-electron chi connectivity index (χ1n) is 11.8. The zero-order valence-electron chi connectivity index (χ0n) is 20.0. The number of halogens is 1. The fourth-order valence-electron chi connectivity index (χ4n) is 4.43. The Labute approximate surface area is 210 Å². The number of imidazole rings is 1. The second-order valence-corrected chi connectivity index (χ2v) is 9.03. The molecule has 1 amide bonds. The molecule has 3 aromatic heterocycles. The van der Waals surface area contributed by atoms with Gasteiger partial charge < -0.3 is 9.88 Å². The number of hydrogen-bond acceptors (Lipinski definition) is 4. The van der Waals surface area contributed by atoms with E-state index in [2.05, 4.69) is 24.6 Å². The first-order chi connectivity index (χ1) is 17.5. The Morgan fingerprint density at radius 3 is 2.50 bits per heavy atom. The lowest BCUT2D eigenvalue weighted by Crippen LogP contribution is -2.17. The van der Waals surface area contributed by atoms with Gasteiger partial charge in [0.2, 0.25) is 0 Å². The molecule has 2 aromatic carbocycles. The molecule has 9 heteroatoms. The SMILES string of the molecule is CCn1cc(NC(=O)c2cnc3nc(C(c4ccccc4F)c4ccccc4P)n(CC)c3c2)cn1. The number of nitrogens with zero attached hydrogens (tertiary/aromatic N) is 5. The average Bonchev–Trinajstić information content (AvgIpc) is 3.49. The normalized spacial score (nSPS) is 12.1. The van der Waals surface area contributed by atoms with Crippen molar-refractivity contribution in [3.05, 3.63) is 102 Å². The van der Waals surface area contributed by atoms with Crippen molar-refractivity contribution in [1.29, 1.82) is 0 Å². The maximum Gasteiger partial charge on any atom is 0.257 e. The van der Waals surface area contributed by atoms with Gasteiger partial charge in [0.1, 0.15) is 11.6 Å². The minimum Gasteiger partial charge on any atom is -0.326 e. The van der Waals surface area contributed by atoms with Crippen molar-refractivity contribution >= 4 is 37.3 Å². The number of benzene rings is 2. The highest BCUT2D eigenvalue weighted by Crippen LogP contribution is 2.34. The monoisotopic (exact) mass is 500 g/mol. The molecule has 0 bridgehead atoms. The lowest BCUT2D eigenvalue weighted by molar-refractivity contribution is 0.102. The predicted octanol–water partition coefficient (Wildman–Crippen LogP) is 4.74. The maximum absolute atomic E-state index is 15.1. The molecule has 36 heavy (non-hydrogen) atoms. The molecule has 0 aliphatic heterocycles. The van der Waals surface area contributed by atoms with Crippen LogP contribution in [0, 0.1) is 5.82 Å². The summed E-state index contributed by atoms with van der Waals surface area (Å²) in [7, 11) is 2.74. The summed E-state index contributed by atoms with van der Waals surface area (Å²) < 4.78 is 18.9. The first kappa shape index (κ1) is 23.8. The minimum atomic E-state index is -0.453. The number of fused-ring (bicyclic) bond motifs is 1. The topological polar surface area (TPSA) is 77.6 Å². The Morgan fingerprint density at radius 1 is 1.06 bits per heavy atom. The van der Waals surface area contributed by atoms with Crippen LogP contribution < -0.4 is 10.6 Å². The number of carbonyl (C=O) groups is 1. The van der Waals surface area contributed by atoms with Gasteiger partial charge in [-0.05, 0) is 36.8 Å². The van der Waals surface area contributed by atoms with Crippen molar-refractivity contribution in [2.75, 3.05) is 5.32 Å². The summed E-state index contributed by atoms with van der Waals surface area (Å²) in [5.41, 5.74) is 3.70. The van der Waals surface area contributed by atoms with Crippen molar-refractivity contribution in [3.63, 3.8) is 0 Å². The molecule has 0 saturated heterocycles. The number of pyridine rings is 1. The summed E-state index contributed by atoms with van der Waals surface area (Å²) in [4.78, 5) is 22.3. The molecule has 182 valence electrons. The van der Waals surface area contributed by atoms with Crippen molar-refractivity contribution in [2.45, 2.75) is 32.9 Å². The molecule has 2 atom stereocenters. The highest BCUT2D eigenvalue weighted by atomic mass is 31.0. The van der Waals surface area contributed by atoms with Gasteiger partial charge in [-0.25, -0.2) is 14.4 Å². The summed E-state index contributed by atoms with van der Waals surface area (Å²) >= 11 is 0. The van der Waals surface area contributed by atoms with Crippen LogP contribution in [-0.2, 0) is 13.1 Å². The number of hydrogen-bond donors (Lipinski definition) is 1. The van der Waals surface area contributed by atoms with Gasteiger partial charge in [0.15, 0.2) is 5.65 Å². The molecule has 2 unspecified atom stereocenters. The molecule has 0 aliphatic carbocycles. The van der Waals surface area contributed by atoms with Crippen LogP contribution in [0.2, 0.25) is 0 Å². The van der Waals surface area contributed by atoms with E-state index in [1.807, 2.05) is 48.7 Å². The standard InChI is InChI=1S/C27H26FN6OP/c1-3-33-16-18(15-30-33)31-27(35)17-13-22-25(29-14-17)32-26(34(22)4-2)24(19-9-5-7-11-21(19)28)20-10-6-8-12-23(20)36/h5-16,24H,3-4,36H2,1-2H3,(H,31,35). The van der Waals surface area contributed by atoms with Gasteiger partial charge in [0.25, 0.3) is 5.91 Å². The Hall–Kier alpha value is -3.90. The summed E-state index contributed by atoms with van der Waals surface area (Å²) in [6.45, 7) is 5.27. The second-order valence-electron chi connectivity index (χ2n) is 8.40. The van der Waals surface area contributed by atoms with Crippen LogP contribution in [0.3, 0.4) is 0 Å². The maximum atomic E-state index is 15.1. The molecular formula is C27H26FN6OP. The molecule has 0 radical (unpaired) electrons. The Balaban J connectivity index is 1.62. The van der Waals surface area contributed by atoms with Crippen molar-refractivity contribution in [2.24, 2.45) is 0 Å². The largest absolute Gasteiger partial charge is 0.326 e. The van der Waals surface area contributed by atoms with Gasteiger partial charge in [0, 0.05) is 31.0 Å². The number of aromatic nitrogens is 5. The van der Waals surface area contributed by atoms with Gasteiger partial charge in [0.05, 0.1) is 28.9 Å². The number of anilines is 1. The predicted molar refractivity (Wildman–Crippen MR) is 142 cm³/mol. The van der Waals surface area contributed by atoms with Gasteiger partial charge in [-0.15, -0.1) is 9.24 Å². The minimum absolute atomic E-state index is 0.286. The molecule has 5 aromatic rings. The molecular weight excluding hydrogens is 474 g/mol. The van der Waals surface area contributed by atoms with Crippen molar-refractivity contribution in [1.82, 2.24) is 24.3 Å². The molecule has 0 fully saturated rings. The number of aryl methyl sites for hydroxylation is 2. The number of rotatable bonds is 7. The van der Waals surface area contributed by atoms with Gasteiger partial charge in [-0.2, -0.15) is 5.10 Å². The van der Waals surface area contributed by atoms with E-state index in [0.29, 0.717) is 46.9 Å². The van der Waals surface area contributed by atoms with Gasteiger partial charge >= 0.3 is 0 Å². The fourth-order valence-corrected chi connectivity index (χ4v) is 4.81. The van der Waals surface area contributed by atoms with Crippen LogP contribution in [0.1, 0.15) is 47.1 Å². The Morgan fingerprint density at radius 2 is 1.81 bits per heavy atom. The Bertz CT molecular complexity index is 1510. The third-order valence-corrected chi connectivity index (χ3v) is 6.74. The van der Waals surface area contributed by atoms with Crippen LogP contribution in [0.25, 0.3) is 11.2 Å². The molecule has 5 rings (SSSR count). The van der Waals surface area contributed by atoms with E-state index >= 15 is 4.39 Å². The van der Waals surface area contributed by atoms with Gasteiger partial charge in [-0.1, -0.05) is 42.5 Å². The second kappa shape index (κ2) is 9.99. The summed E-state index contributed by atoms with van der Waals surface area (Å²) in [6, 6.07) is 16.4. The van der Waals surface area contributed by atoms with Gasteiger partial charge in [-0.3, -0.25) is 9.48 Å². The smallest absolute Gasteiger partial charge is 0.257 e. The third kappa shape index (κ3) is 4.40. The fraction of sp³-hybridized carbons (Fsp3) is 0.185. The summed E-state index contributed by atoms with van der Waals surface area (Å²) in [5, 5.41) is 8.02. The molecule has 0 saturated carbocycles. The van der Waals surface area contributed by atoms with E-state index in [9.17, 15) is 4.79 Å². The molecule has 3 heterocycles. The lowest BCUT2D eigenvalue weighted by atomic mass is 9.90. The number of carbonyl (C=O) groups excluding carboxylic acids is 1. The van der Waals surface area contributed by atoms with Crippen LogP contribution >= 0.6 is 9.24 Å². The van der Waals surface area contributed by atoms with Crippen LogP contribution in [0.4, 0.5) is 10.1 Å². The quantitative estimate of drug-likeness (QED) is 0.328. The van der Waals surface area contributed by atoms with E-state index < -0.39 is 5.92 Å². The molecule has 0 aliphatic rings. The lowest BCUT2D eigenvalue weighted by Gasteiger charge is -2.21. The molecule has 0 spiro atoms. The van der Waals surface area contributed by atoms with E-state index in [1.165, 1.54) is 12.3 Å². The third-order valence-electron chi connectivity index (χ3n) is 6.21. The van der Waals surface area contributed by atoms with Crippen molar-refractivity contribution in [3.8, 4) is 0 Å². The summed E-state index contributed by atoms with van der Waals surface area (Å²) in [5.74, 6) is -0.370. The first-order valence-corrected chi connectivity index (χ1v) is 12.4. The van der Waals surface area contributed by atoms with Crippen molar-refractivity contribution < 1.29 is 9.18 Å². The highest BCUT2D eigenvalue weighted by Gasteiger charge is 2.27. The average molecular weight is 501 g/mol. The number of amides is 1. The molecule has 7 nitrogen and oxygen atoms in total. The number of nitrogens with one attached hydrogen (secondary N) is 1. The van der Waals surface area contributed by atoms with Crippen LogP contribution in [0.5, 0.6) is 0 Å². The Kier molecular flexibility index (Phi) is 6.61. The summed E-state index contributed by atoms with van der Waals surface area (Å²) in [6.07, 6.45) is 4.90. The highest BCUT2D eigenvalue weighted by molar-refractivity contribution is 7.27. The van der Waals surface area contributed by atoms with Crippen LogP contribution in [-0.4, -0.2) is 30.2 Å². The van der Waals surface area contributed by atoms with E-state index in [4.69, 9.17) is 4.98 Å². The van der Waals surface area contributed by atoms with E-state index in [0.717, 1.165) is 10.9 Å². The zero-order valence-corrected chi connectivity index (χ0v) is 21.2. The molecule has 1 N–H and O–H groups in total. The van der Waals surface area contributed by atoms with Crippen LogP contribution in [0.15, 0.2) is 73.2 Å². The van der Waals surface area contributed by atoms with E-state index in [-0.39, 0.29) is 11.7 Å². The van der Waals surface area contributed by atoms with E-state index in [1.54, 1.807) is 35.3 Å². The zero-order chi connectivity index (χ0) is 25.2.